The molecule has 0 aromatic carbocycles. The Morgan fingerprint density at radius 1 is 1.60 bits per heavy atom. The van der Waals surface area contributed by atoms with Crippen LogP contribution in [-0.4, -0.2) is 27.1 Å². The summed E-state index contributed by atoms with van der Waals surface area (Å²) in [5.74, 6) is 0. The highest BCUT2D eigenvalue weighted by Gasteiger charge is 2.15. The Morgan fingerprint density at radius 2 is 2.30 bits per heavy atom. The van der Waals surface area contributed by atoms with E-state index in [0.29, 0.717) is 0 Å². The highest BCUT2D eigenvalue weighted by molar-refractivity contribution is 6.57. The van der Waals surface area contributed by atoms with Crippen molar-refractivity contribution in [2.45, 2.75) is 0 Å². The zero-order chi connectivity index (χ0) is 7.56. The van der Waals surface area contributed by atoms with E-state index in [1.807, 2.05) is 0 Å². The SMILES string of the molecule is O=c1[nH]ccnc1B(O)O. The maximum Gasteiger partial charge on any atom is 0.513 e. The van der Waals surface area contributed by atoms with Crippen molar-refractivity contribution in [1.82, 2.24) is 9.97 Å². The molecule has 0 saturated heterocycles. The lowest BCUT2D eigenvalue weighted by Gasteiger charge is -1.92. The summed E-state index contributed by atoms with van der Waals surface area (Å²) in [6, 6.07) is 0. The number of H-pyrrole nitrogens is 1. The second-order valence-corrected chi connectivity index (χ2v) is 1.68. The molecular weight excluding hydrogens is 135 g/mol. The van der Waals surface area contributed by atoms with Gasteiger partial charge in [-0.1, -0.05) is 0 Å². The number of aromatic nitrogens is 2. The lowest BCUT2D eigenvalue weighted by molar-refractivity contribution is 0.423. The van der Waals surface area contributed by atoms with E-state index in [-0.39, 0.29) is 5.59 Å². The minimum atomic E-state index is -1.80. The van der Waals surface area contributed by atoms with Crippen LogP contribution in [0.15, 0.2) is 17.2 Å². The number of rotatable bonds is 1. The van der Waals surface area contributed by atoms with Crippen LogP contribution in [0.3, 0.4) is 0 Å². The summed E-state index contributed by atoms with van der Waals surface area (Å²) in [6.45, 7) is 0. The van der Waals surface area contributed by atoms with E-state index >= 15 is 0 Å². The maximum absolute atomic E-state index is 10.6. The summed E-state index contributed by atoms with van der Waals surface area (Å²) in [4.78, 5) is 16.3. The Labute approximate surface area is 56.5 Å². The van der Waals surface area contributed by atoms with Crippen LogP contribution < -0.4 is 11.2 Å². The molecule has 52 valence electrons. The van der Waals surface area contributed by atoms with Crippen LogP contribution in [0.2, 0.25) is 0 Å². The van der Waals surface area contributed by atoms with E-state index in [4.69, 9.17) is 10.0 Å². The normalized spacial score (nSPS) is 9.40. The molecule has 0 aliphatic rings. The topological polar surface area (TPSA) is 86.2 Å². The van der Waals surface area contributed by atoms with Gasteiger partial charge in [0, 0.05) is 12.4 Å². The summed E-state index contributed by atoms with van der Waals surface area (Å²) >= 11 is 0. The second kappa shape index (κ2) is 2.63. The zero-order valence-electron chi connectivity index (χ0n) is 4.98. The second-order valence-electron chi connectivity index (χ2n) is 1.68. The Kier molecular flexibility index (Phi) is 1.84. The van der Waals surface area contributed by atoms with Crippen LogP contribution in [0.5, 0.6) is 0 Å². The molecule has 0 bridgehead atoms. The van der Waals surface area contributed by atoms with Crippen LogP contribution in [-0.2, 0) is 0 Å². The first-order chi connectivity index (χ1) is 4.72. The number of aromatic amines is 1. The van der Waals surface area contributed by atoms with Crippen molar-refractivity contribution in [3.63, 3.8) is 0 Å². The third-order valence-corrected chi connectivity index (χ3v) is 0.980. The molecule has 10 heavy (non-hydrogen) atoms. The van der Waals surface area contributed by atoms with Gasteiger partial charge in [-0.3, -0.25) is 9.78 Å². The first kappa shape index (κ1) is 6.98. The van der Waals surface area contributed by atoms with Crippen molar-refractivity contribution in [3.05, 3.63) is 22.7 Å². The monoisotopic (exact) mass is 140 g/mol. The molecule has 0 saturated carbocycles. The summed E-state index contributed by atoms with van der Waals surface area (Å²) in [7, 11) is -1.80. The fourth-order valence-electron chi connectivity index (χ4n) is 0.547. The van der Waals surface area contributed by atoms with Gasteiger partial charge in [-0.2, -0.15) is 0 Å². The predicted octanol–water partition coefficient (Wildman–Crippen LogP) is -2.55. The van der Waals surface area contributed by atoms with Gasteiger partial charge in [-0.05, 0) is 0 Å². The highest BCUT2D eigenvalue weighted by atomic mass is 16.4. The van der Waals surface area contributed by atoms with Gasteiger partial charge in [0.05, 0.1) is 0 Å². The zero-order valence-corrected chi connectivity index (χ0v) is 4.98. The molecular formula is C4H5BN2O3. The molecule has 0 radical (unpaired) electrons. The van der Waals surface area contributed by atoms with Crippen molar-refractivity contribution >= 4 is 12.7 Å². The number of hydrogen-bond donors (Lipinski definition) is 3. The number of nitrogens with zero attached hydrogens (tertiary/aromatic N) is 1. The standard InChI is InChI=1S/C4H5BN2O3/c8-4-3(5(9)10)6-1-2-7-4/h1-2,9-10H,(H,7,8). The Hall–Kier alpha value is -1.14. The van der Waals surface area contributed by atoms with Crippen molar-refractivity contribution in [2.75, 3.05) is 0 Å². The van der Waals surface area contributed by atoms with Crippen LogP contribution in [0.1, 0.15) is 0 Å². The van der Waals surface area contributed by atoms with Gasteiger partial charge in [0.25, 0.3) is 5.56 Å². The fourth-order valence-corrected chi connectivity index (χ4v) is 0.547. The molecule has 3 N–H and O–H groups in total. The first-order valence-corrected chi connectivity index (χ1v) is 2.61. The molecule has 1 rings (SSSR count). The van der Waals surface area contributed by atoms with Gasteiger partial charge in [-0.25, -0.2) is 0 Å². The van der Waals surface area contributed by atoms with Crippen molar-refractivity contribution < 1.29 is 10.0 Å². The predicted molar refractivity (Wildman–Crippen MR) is 34.7 cm³/mol. The molecule has 1 aromatic heterocycles. The van der Waals surface area contributed by atoms with E-state index in [1.165, 1.54) is 12.4 Å². The van der Waals surface area contributed by atoms with Crippen LogP contribution in [0, 0.1) is 0 Å². The molecule has 0 aliphatic carbocycles. The minimum Gasteiger partial charge on any atom is -0.422 e. The quantitative estimate of drug-likeness (QED) is 0.374. The van der Waals surface area contributed by atoms with Gasteiger partial charge in [0.15, 0.2) is 0 Å². The van der Waals surface area contributed by atoms with E-state index in [0.717, 1.165) is 0 Å². The number of nitrogens with one attached hydrogen (secondary N) is 1. The molecule has 0 fully saturated rings. The van der Waals surface area contributed by atoms with Crippen LogP contribution in [0.25, 0.3) is 0 Å². The molecule has 0 unspecified atom stereocenters. The minimum absolute atomic E-state index is 0.289. The average Bonchev–Trinajstić information content (AvgIpc) is 1.88. The van der Waals surface area contributed by atoms with Crippen LogP contribution in [0.4, 0.5) is 0 Å². The van der Waals surface area contributed by atoms with Gasteiger partial charge in [0.1, 0.15) is 5.59 Å². The molecule has 5 nitrogen and oxygen atoms in total. The Morgan fingerprint density at radius 3 is 2.70 bits per heavy atom. The Bertz CT molecular complexity index is 271. The molecule has 0 aliphatic heterocycles. The smallest absolute Gasteiger partial charge is 0.422 e. The largest absolute Gasteiger partial charge is 0.513 e. The molecule has 0 amide bonds. The fraction of sp³-hybridized carbons (Fsp3) is 0. The number of hydrogen-bond acceptors (Lipinski definition) is 4. The van der Waals surface area contributed by atoms with Crippen LogP contribution >= 0.6 is 0 Å². The maximum atomic E-state index is 10.6. The highest BCUT2D eigenvalue weighted by Crippen LogP contribution is 1.64. The van der Waals surface area contributed by atoms with E-state index < -0.39 is 12.7 Å². The molecule has 0 spiro atoms. The summed E-state index contributed by atoms with van der Waals surface area (Å²) in [5, 5.41) is 17.0. The van der Waals surface area contributed by atoms with Gasteiger partial charge in [0.2, 0.25) is 0 Å². The first-order valence-electron chi connectivity index (χ1n) is 2.61. The van der Waals surface area contributed by atoms with Crippen molar-refractivity contribution in [3.8, 4) is 0 Å². The van der Waals surface area contributed by atoms with Gasteiger partial charge < -0.3 is 15.0 Å². The third-order valence-electron chi connectivity index (χ3n) is 0.980. The lowest BCUT2D eigenvalue weighted by Crippen LogP contribution is -2.44. The summed E-state index contributed by atoms with van der Waals surface area (Å²) in [5.41, 5.74) is -0.875. The molecule has 1 heterocycles. The molecule has 6 heteroatoms. The lowest BCUT2D eigenvalue weighted by atomic mass is 9.87. The van der Waals surface area contributed by atoms with Gasteiger partial charge in [-0.15, -0.1) is 0 Å². The molecule has 1 aromatic rings. The summed E-state index contributed by atoms with van der Waals surface area (Å²) < 4.78 is 0. The average molecular weight is 140 g/mol. The van der Waals surface area contributed by atoms with E-state index in [2.05, 4.69) is 9.97 Å². The summed E-state index contributed by atoms with van der Waals surface area (Å²) in [6.07, 6.45) is 2.59. The van der Waals surface area contributed by atoms with Crippen molar-refractivity contribution in [2.24, 2.45) is 0 Å². The van der Waals surface area contributed by atoms with Gasteiger partial charge >= 0.3 is 7.12 Å². The van der Waals surface area contributed by atoms with E-state index in [9.17, 15) is 4.79 Å². The Balaban J connectivity index is 3.16. The third kappa shape index (κ3) is 1.23. The van der Waals surface area contributed by atoms with Crippen molar-refractivity contribution in [1.29, 1.82) is 0 Å². The molecule has 0 atom stereocenters. The van der Waals surface area contributed by atoms with E-state index in [1.54, 1.807) is 0 Å².